The summed E-state index contributed by atoms with van der Waals surface area (Å²) in [7, 11) is 1.50. The van der Waals surface area contributed by atoms with E-state index in [1.807, 2.05) is 0 Å². The van der Waals surface area contributed by atoms with Crippen molar-refractivity contribution < 1.29 is 4.74 Å². The van der Waals surface area contributed by atoms with Crippen molar-refractivity contribution in [1.82, 2.24) is 4.90 Å². The van der Waals surface area contributed by atoms with Gasteiger partial charge in [0.15, 0.2) is 0 Å². The molecule has 2 fully saturated rings. The third-order valence-electron chi connectivity index (χ3n) is 7.92. The lowest BCUT2D eigenvalue weighted by atomic mass is 9.91. The fraction of sp³-hybridized carbons (Fsp3) is 0.710. The normalized spacial score (nSPS) is 22.3. The number of amidine groups is 1. The van der Waals surface area contributed by atoms with E-state index in [1.165, 1.54) is 69.0 Å². The van der Waals surface area contributed by atoms with Crippen LogP contribution in [0.15, 0.2) is 52.2 Å². The van der Waals surface area contributed by atoms with Crippen molar-refractivity contribution in [1.29, 1.82) is 0 Å². The molecule has 0 bridgehead atoms. The van der Waals surface area contributed by atoms with E-state index >= 15 is 0 Å². The van der Waals surface area contributed by atoms with Crippen LogP contribution in [0.1, 0.15) is 92.4 Å². The number of piperidine rings is 1. The maximum absolute atomic E-state index is 6.37. The molecule has 1 unspecified atom stereocenters. The predicted octanol–water partition coefficient (Wildman–Crippen LogP) is 7.44. The molecule has 1 atom stereocenters. The topological polar surface area (TPSA) is 50.8 Å². The van der Waals surface area contributed by atoms with E-state index < -0.39 is 0 Å². The van der Waals surface area contributed by atoms with E-state index in [4.69, 9.17) is 9.73 Å². The first-order chi connectivity index (χ1) is 16.9. The van der Waals surface area contributed by atoms with Crippen LogP contribution in [0.3, 0.4) is 0 Å². The highest BCUT2D eigenvalue weighted by molar-refractivity contribution is 5.83. The number of nitrogens with zero attached hydrogens (tertiary/aromatic N) is 2. The highest BCUT2D eigenvalue weighted by atomic mass is 16.5. The molecule has 3 aliphatic rings. The monoisotopic (exact) mass is 483 g/mol. The molecule has 0 aromatic heterocycles. The predicted molar refractivity (Wildman–Crippen MR) is 153 cm³/mol. The molecule has 4 nitrogen and oxygen atoms in total. The van der Waals surface area contributed by atoms with Gasteiger partial charge in [0.1, 0.15) is 5.84 Å². The molecule has 198 valence electrons. The third kappa shape index (κ3) is 9.06. The number of ether oxygens (including phenoxy) is 1. The molecule has 0 radical (unpaired) electrons. The van der Waals surface area contributed by atoms with E-state index in [2.05, 4.69) is 70.1 Å². The Kier molecular flexibility index (Phi) is 13.1. The summed E-state index contributed by atoms with van der Waals surface area (Å²) in [6.07, 6.45) is 18.6. The summed E-state index contributed by atoms with van der Waals surface area (Å²) in [5.74, 6) is 3.21. The Morgan fingerprint density at radius 3 is 2.37 bits per heavy atom. The van der Waals surface area contributed by atoms with Crippen LogP contribution in [0.2, 0.25) is 0 Å². The lowest BCUT2D eigenvalue weighted by Gasteiger charge is -2.34. The summed E-state index contributed by atoms with van der Waals surface area (Å²) in [5.41, 5.74) is 9.83. The smallest absolute Gasteiger partial charge is 0.104 e. The largest absolute Gasteiger partial charge is 0.370 e. The maximum Gasteiger partial charge on any atom is 0.104 e. The summed E-state index contributed by atoms with van der Waals surface area (Å²) in [5, 5.41) is 0. The quantitative estimate of drug-likeness (QED) is 0.211. The molecule has 0 amide bonds. The van der Waals surface area contributed by atoms with Crippen LogP contribution >= 0.6 is 0 Å². The summed E-state index contributed by atoms with van der Waals surface area (Å²) in [6, 6.07) is 0. The van der Waals surface area contributed by atoms with Crippen molar-refractivity contribution >= 4 is 5.84 Å². The van der Waals surface area contributed by atoms with Gasteiger partial charge in [0.2, 0.25) is 0 Å². The first-order valence-corrected chi connectivity index (χ1v) is 14.2. The second-order valence-electron chi connectivity index (χ2n) is 10.8. The van der Waals surface area contributed by atoms with Gasteiger partial charge in [-0.2, -0.15) is 0 Å². The van der Waals surface area contributed by atoms with Gasteiger partial charge in [0.25, 0.3) is 0 Å². The van der Waals surface area contributed by atoms with E-state index in [0.717, 1.165) is 50.1 Å². The summed E-state index contributed by atoms with van der Waals surface area (Å²) < 4.78 is 6.37. The minimum atomic E-state index is 0.138. The van der Waals surface area contributed by atoms with Crippen LogP contribution in [-0.4, -0.2) is 43.6 Å². The number of rotatable bonds is 9. The first kappa shape index (κ1) is 29.6. The first-order valence-electron chi connectivity index (χ1n) is 14.2. The molecule has 0 aromatic rings. The van der Waals surface area contributed by atoms with Crippen LogP contribution in [-0.2, 0) is 4.74 Å². The Bertz CT molecular complexity index is 775. The van der Waals surface area contributed by atoms with Crippen LogP contribution in [0, 0.1) is 17.8 Å². The van der Waals surface area contributed by atoms with Gasteiger partial charge < -0.3 is 15.4 Å². The second kappa shape index (κ2) is 15.5. The highest BCUT2D eigenvalue weighted by Gasteiger charge is 2.23. The Morgan fingerprint density at radius 1 is 1.11 bits per heavy atom. The minimum absolute atomic E-state index is 0.138. The van der Waals surface area contributed by atoms with E-state index in [9.17, 15) is 0 Å². The van der Waals surface area contributed by atoms with Gasteiger partial charge in [-0.25, -0.2) is 4.99 Å². The molecule has 1 saturated heterocycles. The van der Waals surface area contributed by atoms with Gasteiger partial charge in [0, 0.05) is 31.8 Å². The number of likely N-dealkylation sites (tertiary alicyclic amines) is 1. The second-order valence-corrected chi connectivity index (χ2v) is 10.8. The molecular weight excluding hydrogens is 430 g/mol. The lowest BCUT2D eigenvalue weighted by molar-refractivity contribution is 0.0984. The third-order valence-corrected chi connectivity index (χ3v) is 7.92. The van der Waals surface area contributed by atoms with Gasteiger partial charge in [-0.05, 0) is 100.0 Å². The van der Waals surface area contributed by atoms with Crippen molar-refractivity contribution in [3.63, 3.8) is 0 Å². The van der Waals surface area contributed by atoms with Crippen LogP contribution in [0.4, 0.5) is 0 Å². The minimum Gasteiger partial charge on any atom is -0.370 e. The van der Waals surface area contributed by atoms with Crippen molar-refractivity contribution in [2.45, 2.75) is 98.5 Å². The average molecular weight is 484 g/mol. The van der Waals surface area contributed by atoms with Gasteiger partial charge in [-0.1, -0.05) is 52.3 Å². The van der Waals surface area contributed by atoms with Crippen LogP contribution in [0.25, 0.3) is 0 Å². The Morgan fingerprint density at radius 2 is 1.77 bits per heavy atom. The van der Waals surface area contributed by atoms with Crippen molar-refractivity contribution in [3.05, 3.63) is 47.2 Å². The molecule has 1 heterocycles. The number of aliphatic imine (C=N–C) groups is 1. The zero-order chi connectivity index (χ0) is 25.8. The SMILES string of the molecule is C=C(N=C(CC)N1CCC(CCCOC2C=C(C)C(C3CCCC3)=CC=C2C)CC1)C(C)C.CN. The summed E-state index contributed by atoms with van der Waals surface area (Å²) in [4.78, 5) is 7.32. The zero-order valence-corrected chi connectivity index (χ0v) is 23.6. The Hall–Kier alpha value is -1.65. The zero-order valence-electron chi connectivity index (χ0n) is 23.6. The highest BCUT2D eigenvalue weighted by Crippen LogP contribution is 2.36. The van der Waals surface area contributed by atoms with E-state index in [0.29, 0.717) is 5.92 Å². The Balaban J connectivity index is 0.00000210. The molecule has 1 saturated carbocycles. The molecule has 1 aliphatic heterocycles. The molecular formula is C31H53N3O. The fourth-order valence-corrected chi connectivity index (χ4v) is 5.51. The average Bonchev–Trinajstić information content (AvgIpc) is 3.35. The van der Waals surface area contributed by atoms with Crippen molar-refractivity contribution in [2.24, 2.45) is 28.5 Å². The van der Waals surface area contributed by atoms with Gasteiger partial charge in [0.05, 0.1) is 6.10 Å². The van der Waals surface area contributed by atoms with Crippen LogP contribution < -0.4 is 5.73 Å². The number of nitrogens with two attached hydrogens (primary N) is 1. The Labute approximate surface area is 216 Å². The van der Waals surface area contributed by atoms with Crippen molar-refractivity contribution in [2.75, 3.05) is 26.7 Å². The van der Waals surface area contributed by atoms with E-state index in [1.54, 1.807) is 5.57 Å². The molecule has 3 rings (SSSR count). The molecule has 2 aliphatic carbocycles. The van der Waals surface area contributed by atoms with Gasteiger partial charge in [-0.15, -0.1) is 0 Å². The van der Waals surface area contributed by atoms with Crippen LogP contribution in [0.5, 0.6) is 0 Å². The summed E-state index contributed by atoms with van der Waals surface area (Å²) >= 11 is 0. The number of hydrogen-bond acceptors (Lipinski definition) is 3. The van der Waals surface area contributed by atoms with E-state index in [-0.39, 0.29) is 6.10 Å². The van der Waals surface area contributed by atoms with Gasteiger partial charge in [-0.3, -0.25) is 0 Å². The number of allylic oxidation sites excluding steroid dienone is 5. The lowest BCUT2D eigenvalue weighted by Crippen LogP contribution is -2.38. The summed E-state index contributed by atoms with van der Waals surface area (Å²) in [6.45, 7) is 18.3. The molecule has 4 heteroatoms. The molecule has 0 aromatic carbocycles. The van der Waals surface area contributed by atoms with Gasteiger partial charge >= 0.3 is 0 Å². The number of hydrogen-bond donors (Lipinski definition) is 1. The molecule has 2 N–H and O–H groups in total. The maximum atomic E-state index is 6.37. The fourth-order valence-electron chi connectivity index (χ4n) is 5.51. The van der Waals surface area contributed by atoms with Crippen molar-refractivity contribution in [3.8, 4) is 0 Å². The standard InChI is InChI=1S/C30H48N2O.CH5N/c1-7-30(31-25(6)22(2)3)32-18-16-26(17-19-32)11-10-20-33-29-21-24(5)28(15-14-23(29)4)27-12-8-9-13-27;1-2/h14-15,21-22,26-27,29H,6-13,16-20H2,1-5H3;2H2,1H3. The molecule has 0 spiro atoms. The molecule has 35 heavy (non-hydrogen) atoms.